The van der Waals surface area contributed by atoms with Gasteiger partial charge in [0, 0.05) is 64.6 Å². The third kappa shape index (κ3) is 5.98. The van der Waals surface area contributed by atoms with Crippen molar-refractivity contribution in [2.24, 2.45) is 11.8 Å². The number of carboxylic acid groups (broad SMARTS) is 1. The zero-order valence-electron chi connectivity index (χ0n) is 21.9. The molecule has 37 heavy (non-hydrogen) atoms. The molecule has 11 heteroatoms. The van der Waals surface area contributed by atoms with E-state index in [4.69, 9.17) is 0 Å². The number of nitrogens with zero attached hydrogens (tertiary/aromatic N) is 4. The molecule has 206 valence electrons. The van der Waals surface area contributed by atoms with Gasteiger partial charge in [0.2, 0.25) is 0 Å². The SMILES string of the molecule is Cc1ccc(CN2CCN(C(=O)OC(C)C(F)(F)F)CC2)c(N2CC3CN(C(C)(C)C(=O)O)CC3C2)c1. The van der Waals surface area contributed by atoms with E-state index in [2.05, 4.69) is 44.6 Å². The fourth-order valence-electron chi connectivity index (χ4n) is 5.51. The van der Waals surface area contributed by atoms with Crippen LogP contribution in [0.2, 0.25) is 0 Å². The Morgan fingerprint density at radius 1 is 1.05 bits per heavy atom. The minimum atomic E-state index is -4.57. The minimum absolute atomic E-state index is 0.313. The van der Waals surface area contributed by atoms with Gasteiger partial charge in [-0.3, -0.25) is 14.6 Å². The molecule has 0 radical (unpaired) electrons. The molecule has 8 nitrogen and oxygen atoms in total. The predicted octanol–water partition coefficient (Wildman–Crippen LogP) is 3.43. The van der Waals surface area contributed by atoms with Crippen LogP contribution in [0.5, 0.6) is 0 Å². The summed E-state index contributed by atoms with van der Waals surface area (Å²) in [7, 11) is 0. The lowest BCUT2D eigenvalue weighted by Crippen LogP contribution is -2.50. The molecule has 0 aliphatic carbocycles. The maximum absolute atomic E-state index is 12.7. The van der Waals surface area contributed by atoms with Crippen LogP contribution in [-0.2, 0) is 16.1 Å². The zero-order chi connectivity index (χ0) is 27.1. The highest BCUT2D eigenvalue weighted by molar-refractivity contribution is 5.77. The van der Waals surface area contributed by atoms with Crippen LogP contribution in [0.4, 0.5) is 23.7 Å². The Labute approximate surface area is 215 Å². The monoisotopic (exact) mass is 526 g/mol. The number of hydrogen-bond donors (Lipinski definition) is 1. The summed E-state index contributed by atoms with van der Waals surface area (Å²) < 4.78 is 42.7. The third-order valence-electron chi connectivity index (χ3n) is 8.14. The molecule has 1 amide bonds. The van der Waals surface area contributed by atoms with E-state index in [9.17, 15) is 27.9 Å². The number of fused-ring (bicyclic) bond motifs is 1. The van der Waals surface area contributed by atoms with Gasteiger partial charge in [-0.05, 0) is 56.7 Å². The van der Waals surface area contributed by atoms with E-state index in [-0.39, 0.29) is 0 Å². The number of alkyl halides is 3. The molecule has 0 aromatic heterocycles. The molecule has 3 atom stereocenters. The molecular weight excluding hydrogens is 489 g/mol. The number of anilines is 1. The summed E-state index contributed by atoms with van der Waals surface area (Å²) >= 11 is 0. The van der Waals surface area contributed by atoms with Gasteiger partial charge >= 0.3 is 18.2 Å². The Hall–Kier alpha value is -2.53. The number of halogens is 3. The highest BCUT2D eigenvalue weighted by atomic mass is 19.4. The second-order valence-electron chi connectivity index (χ2n) is 11.2. The van der Waals surface area contributed by atoms with Gasteiger partial charge in [0.25, 0.3) is 0 Å². The van der Waals surface area contributed by atoms with Gasteiger partial charge in [0.1, 0.15) is 5.54 Å². The number of benzene rings is 1. The van der Waals surface area contributed by atoms with Gasteiger partial charge in [-0.25, -0.2) is 4.79 Å². The minimum Gasteiger partial charge on any atom is -0.480 e. The van der Waals surface area contributed by atoms with E-state index in [0.29, 0.717) is 44.6 Å². The number of piperazine rings is 1. The summed E-state index contributed by atoms with van der Waals surface area (Å²) in [6, 6.07) is 6.41. The smallest absolute Gasteiger partial charge is 0.425 e. The molecule has 1 aromatic rings. The van der Waals surface area contributed by atoms with Crippen LogP contribution in [-0.4, -0.2) is 102 Å². The van der Waals surface area contributed by atoms with Gasteiger partial charge in [-0.15, -0.1) is 0 Å². The van der Waals surface area contributed by atoms with E-state index in [1.54, 1.807) is 13.8 Å². The molecule has 3 aliphatic rings. The van der Waals surface area contributed by atoms with Crippen LogP contribution in [0.1, 0.15) is 31.9 Å². The number of ether oxygens (including phenoxy) is 1. The Bertz CT molecular complexity index is 996. The number of likely N-dealkylation sites (tertiary alicyclic amines) is 1. The first-order valence-corrected chi connectivity index (χ1v) is 12.8. The first-order chi connectivity index (χ1) is 17.3. The second-order valence-corrected chi connectivity index (χ2v) is 11.2. The summed E-state index contributed by atoms with van der Waals surface area (Å²) in [5.74, 6) is 0.0368. The van der Waals surface area contributed by atoms with Crippen molar-refractivity contribution < 1.29 is 32.6 Å². The molecule has 3 aliphatic heterocycles. The molecule has 3 unspecified atom stereocenters. The quantitative estimate of drug-likeness (QED) is 0.609. The predicted molar refractivity (Wildman–Crippen MR) is 133 cm³/mol. The maximum atomic E-state index is 12.7. The Kier molecular flexibility index (Phi) is 7.67. The highest BCUT2D eigenvalue weighted by Gasteiger charge is 2.47. The molecule has 0 saturated carbocycles. The summed E-state index contributed by atoms with van der Waals surface area (Å²) in [5.41, 5.74) is 2.65. The van der Waals surface area contributed by atoms with Crippen molar-refractivity contribution in [3.63, 3.8) is 0 Å². The first-order valence-electron chi connectivity index (χ1n) is 12.8. The second kappa shape index (κ2) is 10.3. The van der Waals surface area contributed by atoms with Crippen LogP contribution in [0, 0.1) is 18.8 Å². The summed E-state index contributed by atoms with van der Waals surface area (Å²) in [6.45, 7) is 12.1. The van der Waals surface area contributed by atoms with Gasteiger partial charge < -0.3 is 19.6 Å². The number of aliphatic carboxylic acids is 1. The van der Waals surface area contributed by atoms with Crippen LogP contribution in [0.3, 0.4) is 0 Å². The fourth-order valence-corrected chi connectivity index (χ4v) is 5.51. The van der Waals surface area contributed by atoms with Crippen molar-refractivity contribution in [3.05, 3.63) is 29.3 Å². The van der Waals surface area contributed by atoms with Crippen LogP contribution < -0.4 is 4.90 Å². The topological polar surface area (TPSA) is 76.6 Å². The van der Waals surface area contributed by atoms with Crippen molar-refractivity contribution >= 4 is 17.7 Å². The van der Waals surface area contributed by atoms with Crippen molar-refractivity contribution in [2.45, 2.75) is 52.1 Å². The number of amides is 1. The number of carbonyl (C=O) groups excluding carboxylic acids is 1. The van der Waals surface area contributed by atoms with E-state index in [1.807, 2.05) is 0 Å². The molecule has 0 spiro atoms. The highest BCUT2D eigenvalue weighted by Crippen LogP contribution is 2.38. The normalized spacial score (nSPS) is 24.3. The lowest BCUT2D eigenvalue weighted by atomic mass is 10.0. The average molecular weight is 527 g/mol. The fraction of sp³-hybridized carbons (Fsp3) is 0.692. The van der Waals surface area contributed by atoms with Gasteiger partial charge in [0.15, 0.2) is 6.10 Å². The molecular formula is C26H37F3N4O4. The largest absolute Gasteiger partial charge is 0.480 e. The molecule has 3 saturated heterocycles. The van der Waals surface area contributed by atoms with Crippen molar-refractivity contribution in [2.75, 3.05) is 57.3 Å². The summed E-state index contributed by atoms with van der Waals surface area (Å²) in [5, 5.41) is 9.60. The van der Waals surface area contributed by atoms with Crippen LogP contribution in [0.25, 0.3) is 0 Å². The molecule has 4 rings (SSSR count). The number of hydrogen-bond acceptors (Lipinski definition) is 6. The van der Waals surface area contributed by atoms with E-state index < -0.39 is 29.9 Å². The molecule has 3 heterocycles. The molecule has 1 N–H and O–H groups in total. The van der Waals surface area contributed by atoms with Crippen molar-refractivity contribution in [1.29, 1.82) is 0 Å². The van der Waals surface area contributed by atoms with Crippen molar-refractivity contribution in [3.8, 4) is 0 Å². The van der Waals surface area contributed by atoms with Gasteiger partial charge in [-0.2, -0.15) is 13.2 Å². The number of aryl methyl sites for hydroxylation is 1. The molecule has 1 aromatic carbocycles. The van der Waals surface area contributed by atoms with Crippen LogP contribution in [0.15, 0.2) is 18.2 Å². The maximum Gasteiger partial charge on any atom is 0.425 e. The van der Waals surface area contributed by atoms with Gasteiger partial charge in [-0.1, -0.05) is 12.1 Å². The Balaban J connectivity index is 1.35. The lowest BCUT2D eigenvalue weighted by molar-refractivity contribution is -0.200. The summed E-state index contributed by atoms with van der Waals surface area (Å²) in [6.07, 6.45) is -7.63. The Morgan fingerprint density at radius 2 is 1.65 bits per heavy atom. The van der Waals surface area contributed by atoms with E-state index in [0.717, 1.165) is 38.7 Å². The number of carbonyl (C=O) groups is 2. The first kappa shape index (κ1) is 27.5. The standard InChI is InChI=1S/C26H37F3N4O4/c1-17-5-6-19(12-30-7-9-31(10-8-30)24(36)37-18(2)26(27,28)29)22(11-17)32-13-20-15-33(16-21(20)14-32)25(3,4)23(34)35/h5-6,11,18,20-21H,7-10,12-16H2,1-4H3,(H,34,35). The van der Waals surface area contributed by atoms with Crippen LogP contribution >= 0.6 is 0 Å². The molecule has 0 bridgehead atoms. The number of carboxylic acids is 1. The van der Waals surface area contributed by atoms with Gasteiger partial charge in [0.05, 0.1) is 0 Å². The summed E-state index contributed by atoms with van der Waals surface area (Å²) in [4.78, 5) is 31.9. The molecule has 3 fully saturated rings. The van der Waals surface area contributed by atoms with Crippen molar-refractivity contribution in [1.82, 2.24) is 14.7 Å². The third-order valence-corrected chi connectivity index (χ3v) is 8.14. The average Bonchev–Trinajstić information content (AvgIpc) is 3.40. The van der Waals surface area contributed by atoms with E-state index in [1.165, 1.54) is 16.2 Å². The lowest BCUT2D eigenvalue weighted by Gasteiger charge is -2.36. The zero-order valence-corrected chi connectivity index (χ0v) is 21.9. The number of rotatable bonds is 6. The Morgan fingerprint density at radius 3 is 2.19 bits per heavy atom. The van der Waals surface area contributed by atoms with E-state index >= 15 is 0 Å².